The molecule has 8 heteroatoms. The van der Waals surface area contributed by atoms with E-state index < -0.39 is 5.54 Å². The lowest BCUT2D eigenvalue weighted by Gasteiger charge is -2.42. The first-order chi connectivity index (χ1) is 14.8. The molecular weight excluding hydrogens is 412 g/mol. The van der Waals surface area contributed by atoms with Crippen molar-refractivity contribution in [3.05, 3.63) is 51.4 Å². The summed E-state index contributed by atoms with van der Waals surface area (Å²) in [7, 11) is 0. The normalized spacial score (nSPS) is 19.6. The summed E-state index contributed by atoms with van der Waals surface area (Å²) in [5.41, 5.74) is 1.05. The third-order valence-electron chi connectivity index (χ3n) is 6.35. The van der Waals surface area contributed by atoms with Gasteiger partial charge < -0.3 is 5.32 Å². The maximum Gasteiger partial charge on any atom is 0.262 e. The van der Waals surface area contributed by atoms with E-state index in [9.17, 15) is 14.4 Å². The highest BCUT2D eigenvalue weighted by Crippen LogP contribution is 2.37. The van der Waals surface area contributed by atoms with Crippen LogP contribution in [0.3, 0.4) is 0 Å². The highest BCUT2D eigenvalue weighted by molar-refractivity contribution is 7.18. The molecule has 2 aromatic heterocycles. The molecule has 0 saturated carbocycles. The molecular formula is C23H24N4O3S. The predicted octanol–water partition coefficient (Wildman–Crippen LogP) is 3.35. The molecule has 1 N–H and O–H groups in total. The summed E-state index contributed by atoms with van der Waals surface area (Å²) in [6, 6.07) is 7.20. The Bertz CT molecular complexity index is 1290. The Balaban J connectivity index is 1.54. The van der Waals surface area contributed by atoms with Gasteiger partial charge in [0, 0.05) is 4.88 Å². The van der Waals surface area contributed by atoms with Crippen LogP contribution in [0.15, 0.2) is 35.4 Å². The molecule has 31 heavy (non-hydrogen) atoms. The summed E-state index contributed by atoms with van der Waals surface area (Å²) in [6.07, 6.45) is 4.36. The van der Waals surface area contributed by atoms with Crippen LogP contribution in [-0.2, 0) is 29.0 Å². The van der Waals surface area contributed by atoms with Crippen molar-refractivity contribution in [1.82, 2.24) is 9.55 Å². The van der Waals surface area contributed by atoms with Crippen molar-refractivity contribution in [2.75, 3.05) is 10.2 Å². The van der Waals surface area contributed by atoms with Gasteiger partial charge in [-0.2, -0.15) is 0 Å². The highest BCUT2D eigenvalue weighted by Gasteiger charge is 2.43. The van der Waals surface area contributed by atoms with Crippen LogP contribution in [0.2, 0.25) is 0 Å². The van der Waals surface area contributed by atoms with Gasteiger partial charge in [0.2, 0.25) is 11.8 Å². The fourth-order valence-corrected chi connectivity index (χ4v) is 5.93. The van der Waals surface area contributed by atoms with E-state index in [1.807, 2.05) is 12.1 Å². The number of para-hydroxylation sites is 2. The average Bonchev–Trinajstić information content (AvgIpc) is 3.09. The molecule has 160 valence electrons. The summed E-state index contributed by atoms with van der Waals surface area (Å²) >= 11 is 1.59. The largest absolute Gasteiger partial charge is 0.322 e. The van der Waals surface area contributed by atoms with E-state index in [2.05, 4.69) is 17.2 Å². The van der Waals surface area contributed by atoms with E-state index in [0.717, 1.165) is 29.7 Å². The van der Waals surface area contributed by atoms with Gasteiger partial charge in [-0.1, -0.05) is 19.1 Å². The average molecular weight is 437 g/mol. The molecule has 3 heterocycles. The van der Waals surface area contributed by atoms with Gasteiger partial charge in [-0.15, -0.1) is 11.3 Å². The van der Waals surface area contributed by atoms with E-state index in [1.54, 1.807) is 37.3 Å². The standard InChI is InChI=1S/C23H24N4O3S/c1-13-8-9-14-17(10-13)31-20-19(14)21(29)26(12-24-20)11-18(28)27-16-7-5-4-6-15(16)25-22(30)23(27,2)3/h4-7,12-13H,8-11H2,1-3H3,(H,25,30). The zero-order chi connectivity index (χ0) is 21.9. The van der Waals surface area contributed by atoms with Gasteiger partial charge in [0.05, 0.1) is 23.1 Å². The number of hydrogen-bond donors (Lipinski definition) is 1. The van der Waals surface area contributed by atoms with E-state index in [1.165, 1.54) is 20.7 Å². The second kappa shape index (κ2) is 7.02. The van der Waals surface area contributed by atoms with Crippen LogP contribution in [0, 0.1) is 5.92 Å². The van der Waals surface area contributed by atoms with Crippen molar-refractivity contribution < 1.29 is 9.59 Å². The maximum absolute atomic E-state index is 13.4. The molecule has 0 saturated heterocycles. The second-order valence-corrected chi connectivity index (χ2v) is 10.1. The number of benzene rings is 1. The van der Waals surface area contributed by atoms with Crippen molar-refractivity contribution in [1.29, 1.82) is 0 Å². The van der Waals surface area contributed by atoms with Crippen molar-refractivity contribution in [3.63, 3.8) is 0 Å². The summed E-state index contributed by atoms with van der Waals surface area (Å²) in [5, 5.41) is 3.51. The Morgan fingerprint density at radius 3 is 2.87 bits per heavy atom. The maximum atomic E-state index is 13.4. The van der Waals surface area contributed by atoms with Gasteiger partial charge in [0.1, 0.15) is 16.9 Å². The second-order valence-electron chi connectivity index (χ2n) is 8.97. The number of aromatic nitrogens is 2. The van der Waals surface area contributed by atoms with E-state index >= 15 is 0 Å². The molecule has 0 radical (unpaired) electrons. The lowest BCUT2D eigenvalue weighted by molar-refractivity contribution is -0.126. The molecule has 2 aliphatic rings. The Labute approximate surface area is 183 Å². The molecule has 1 aliphatic carbocycles. The number of amides is 2. The first-order valence-corrected chi connectivity index (χ1v) is 11.3. The molecule has 1 aromatic carbocycles. The quantitative estimate of drug-likeness (QED) is 0.668. The molecule has 0 spiro atoms. The minimum atomic E-state index is -1.08. The molecule has 0 fully saturated rings. The number of anilines is 2. The fraction of sp³-hybridized carbons (Fsp3) is 0.391. The number of nitrogens with one attached hydrogen (secondary N) is 1. The SMILES string of the molecule is CC1CCc2c(sc3ncn(CC(=O)N4c5ccccc5NC(=O)C4(C)C)c(=O)c23)C1. The van der Waals surface area contributed by atoms with Gasteiger partial charge in [0.15, 0.2) is 0 Å². The molecule has 2 amide bonds. The lowest BCUT2D eigenvalue weighted by Crippen LogP contribution is -2.59. The number of carbonyl (C=O) groups excluding carboxylic acids is 2. The summed E-state index contributed by atoms with van der Waals surface area (Å²) < 4.78 is 1.38. The van der Waals surface area contributed by atoms with Gasteiger partial charge in [-0.05, 0) is 56.7 Å². The first-order valence-electron chi connectivity index (χ1n) is 10.5. The van der Waals surface area contributed by atoms with Gasteiger partial charge >= 0.3 is 0 Å². The molecule has 0 bridgehead atoms. The van der Waals surface area contributed by atoms with Crippen LogP contribution in [-0.4, -0.2) is 26.9 Å². The topological polar surface area (TPSA) is 84.3 Å². The van der Waals surface area contributed by atoms with Crippen LogP contribution in [0.1, 0.15) is 37.6 Å². The minimum Gasteiger partial charge on any atom is -0.322 e. The van der Waals surface area contributed by atoms with E-state index in [-0.39, 0.29) is 23.9 Å². The third-order valence-corrected chi connectivity index (χ3v) is 7.51. The Hall–Kier alpha value is -3.00. The van der Waals surface area contributed by atoms with Crippen LogP contribution < -0.4 is 15.8 Å². The molecule has 1 unspecified atom stereocenters. The fourth-order valence-electron chi connectivity index (χ4n) is 4.59. The Kier molecular flexibility index (Phi) is 4.51. The molecule has 7 nitrogen and oxygen atoms in total. The molecule has 5 rings (SSSR count). The number of rotatable bonds is 2. The summed E-state index contributed by atoms with van der Waals surface area (Å²) in [5.74, 6) is 0.0201. The van der Waals surface area contributed by atoms with E-state index in [4.69, 9.17) is 0 Å². The smallest absolute Gasteiger partial charge is 0.262 e. The lowest BCUT2D eigenvalue weighted by atomic mass is 9.89. The Morgan fingerprint density at radius 2 is 2.06 bits per heavy atom. The van der Waals surface area contributed by atoms with Gasteiger partial charge in [-0.25, -0.2) is 4.98 Å². The number of nitrogens with zero attached hydrogens (tertiary/aromatic N) is 3. The number of aryl methyl sites for hydroxylation is 1. The van der Waals surface area contributed by atoms with Crippen molar-refractivity contribution >= 4 is 44.7 Å². The predicted molar refractivity (Wildman–Crippen MR) is 122 cm³/mol. The van der Waals surface area contributed by atoms with Crippen molar-refractivity contribution in [2.24, 2.45) is 5.92 Å². The third kappa shape index (κ3) is 3.08. The van der Waals surface area contributed by atoms with Crippen LogP contribution >= 0.6 is 11.3 Å². The van der Waals surface area contributed by atoms with Gasteiger partial charge in [-0.3, -0.25) is 23.9 Å². The van der Waals surface area contributed by atoms with Crippen LogP contribution in [0.5, 0.6) is 0 Å². The van der Waals surface area contributed by atoms with E-state index in [0.29, 0.717) is 22.7 Å². The zero-order valence-corrected chi connectivity index (χ0v) is 18.6. The van der Waals surface area contributed by atoms with Crippen LogP contribution in [0.4, 0.5) is 11.4 Å². The Morgan fingerprint density at radius 1 is 1.29 bits per heavy atom. The zero-order valence-electron chi connectivity index (χ0n) is 17.8. The molecule has 1 aliphatic heterocycles. The molecule has 3 aromatic rings. The highest BCUT2D eigenvalue weighted by atomic mass is 32.1. The summed E-state index contributed by atoms with van der Waals surface area (Å²) in [4.78, 5) is 47.4. The minimum absolute atomic E-state index is 0.173. The number of thiophene rings is 1. The van der Waals surface area contributed by atoms with Gasteiger partial charge in [0.25, 0.3) is 5.56 Å². The number of carbonyl (C=O) groups is 2. The number of hydrogen-bond acceptors (Lipinski definition) is 5. The molecule has 1 atom stereocenters. The number of fused-ring (bicyclic) bond motifs is 4. The monoisotopic (exact) mass is 436 g/mol. The summed E-state index contributed by atoms with van der Waals surface area (Å²) in [6.45, 7) is 5.47. The first kappa shape index (κ1) is 19.9. The van der Waals surface area contributed by atoms with Crippen LogP contribution in [0.25, 0.3) is 10.2 Å². The van der Waals surface area contributed by atoms with Crippen molar-refractivity contribution in [3.8, 4) is 0 Å². The van der Waals surface area contributed by atoms with Crippen molar-refractivity contribution in [2.45, 2.75) is 52.1 Å².